The average Bonchev–Trinajstić information content (AvgIpc) is 3.33. The normalized spacial score (nSPS) is 15.1. The molecule has 5 rings (SSSR count). The zero-order valence-electron chi connectivity index (χ0n) is 16.3. The van der Waals surface area contributed by atoms with Crippen molar-refractivity contribution in [2.75, 3.05) is 12.5 Å². The molecule has 1 aliphatic heterocycles. The third-order valence-corrected chi connectivity index (χ3v) is 6.15. The van der Waals surface area contributed by atoms with Gasteiger partial charge in [0.2, 0.25) is 5.16 Å². The van der Waals surface area contributed by atoms with Crippen LogP contribution in [0.1, 0.15) is 22.5 Å². The molecule has 30 heavy (non-hydrogen) atoms. The highest BCUT2D eigenvalue weighted by Crippen LogP contribution is 2.39. The van der Waals surface area contributed by atoms with E-state index in [1.807, 2.05) is 60.1 Å². The maximum absolute atomic E-state index is 6.14. The van der Waals surface area contributed by atoms with E-state index in [4.69, 9.17) is 21.1 Å². The van der Waals surface area contributed by atoms with Gasteiger partial charge in [-0.1, -0.05) is 35.5 Å². The third-order valence-electron chi connectivity index (χ3n) is 4.81. The van der Waals surface area contributed by atoms with Crippen LogP contribution in [0.2, 0.25) is 5.02 Å². The molecule has 0 radical (unpaired) electrons. The monoisotopic (exact) mass is 439 g/mol. The fraction of sp³-hybridized carbons (Fsp3) is 0.190. The number of aryl methyl sites for hydroxylation is 1. The van der Waals surface area contributed by atoms with Crippen LogP contribution in [0, 0.1) is 6.92 Å². The lowest BCUT2D eigenvalue weighted by Gasteiger charge is -2.13. The largest absolute Gasteiger partial charge is 0.497 e. The fourth-order valence-corrected chi connectivity index (χ4v) is 4.46. The molecule has 2 aromatic heterocycles. The molecule has 1 atom stereocenters. The van der Waals surface area contributed by atoms with Crippen LogP contribution >= 0.6 is 23.4 Å². The summed E-state index contributed by atoms with van der Waals surface area (Å²) in [5.41, 5.74) is 6.27. The molecule has 4 aromatic rings. The molecule has 0 amide bonds. The zero-order valence-corrected chi connectivity index (χ0v) is 17.9. The number of rotatable bonds is 5. The predicted molar refractivity (Wildman–Crippen MR) is 117 cm³/mol. The Kier molecular flexibility index (Phi) is 4.88. The van der Waals surface area contributed by atoms with Crippen molar-refractivity contribution in [1.29, 1.82) is 0 Å². The minimum atomic E-state index is 0.0415. The summed E-state index contributed by atoms with van der Waals surface area (Å²) in [6.07, 6.45) is 0. The summed E-state index contributed by atoms with van der Waals surface area (Å²) in [5.74, 6) is 2.18. The van der Waals surface area contributed by atoms with Crippen LogP contribution in [0.3, 0.4) is 0 Å². The summed E-state index contributed by atoms with van der Waals surface area (Å²) < 4.78 is 13.4. The summed E-state index contributed by atoms with van der Waals surface area (Å²) in [6, 6.07) is 15.4. The van der Waals surface area contributed by atoms with Gasteiger partial charge in [-0.15, -0.1) is 10.2 Å². The number of nitrogens with zero attached hydrogens (tertiary/aromatic N) is 4. The first-order valence-electron chi connectivity index (χ1n) is 9.32. The number of ether oxygens (including phenoxy) is 2. The van der Waals surface area contributed by atoms with Gasteiger partial charge in [-0.25, -0.2) is 4.68 Å². The van der Waals surface area contributed by atoms with Crippen molar-refractivity contribution >= 4 is 34.3 Å². The molecule has 1 aliphatic rings. The molecule has 1 unspecified atom stereocenters. The van der Waals surface area contributed by atoms with E-state index in [9.17, 15) is 0 Å². The van der Waals surface area contributed by atoms with Gasteiger partial charge in [-0.05, 0) is 42.8 Å². The number of hydrogen-bond donors (Lipinski definition) is 1. The van der Waals surface area contributed by atoms with Crippen LogP contribution in [0.15, 0.2) is 53.7 Å². The minimum Gasteiger partial charge on any atom is -0.497 e. The second-order valence-electron chi connectivity index (χ2n) is 6.85. The molecule has 152 valence electrons. The molecular formula is C21H18ClN5O2S. The van der Waals surface area contributed by atoms with Crippen molar-refractivity contribution in [2.45, 2.75) is 24.1 Å². The van der Waals surface area contributed by atoms with Crippen molar-refractivity contribution < 1.29 is 9.47 Å². The first-order chi connectivity index (χ1) is 14.6. The number of thioether (sulfide) groups is 1. The summed E-state index contributed by atoms with van der Waals surface area (Å²) >= 11 is 7.60. The molecule has 1 N–H and O–H groups in total. The van der Waals surface area contributed by atoms with Gasteiger partial charge in [0.1, 0.15) is 23.5 Å². The molecule has 7 nitrogen and oxygen atoms in total. The lowest BCUT2D eigenvalue weighted by molar-refractivity contribution is 0.294. The van der Waals surface area contributed by atoms with Gasteiger partial charge in [-0.3, -0.25) is 4.98 Å². The smallest absolute Gasteiger partial charge is 0.212 e. The van der Waals surface area contributed by atoms with Gasteiger partial charge < -0.3 is 14.9 Å². The first kappa shape index (κ1) is 19.0. The molecule has 0 aliphatic carbocycles. The molecule has 0 spiro atoms. The Morgan fingerprint density at radius 1 is 1.13 bits per heavy atom. The molecule has 9 heteroatoms. The zero-order chi connectivity index (χ0) is 20.7. The standard InChI is InChI=1S/C21H18ClN5O2S/c1-12-9-18(16-10-15(28-2)7-8-17(16)23-12)29-11-19-24-25-21-27(19)26-20(30-21)13-3-5-14(22)6-4-13/h3-10,20,26H,11H2,1-2H3. The van der Waals surface area contributed by atoms with Crippen LogP contribution in [0.4, 0.5) is 0 Å². The molecule has 0 fully saturated rings. The Hall–Kier alpha value is -2.97. The topological polar surface area (TPSA) is 74.1 Å². The number of methoxy groups -OCH3 is 1. The molecule has 0 saturated carbocycles. The van der Waals surface area contributed by atoms with E-state index in [-0.39, 0.29) is 12.0 Å². The van der Waals surface area contributed by atoms with Gasteiger partial charge in [0.25, 0.3) is 0 Å². The van der Waals surface area contributed by atoms with Crippen LogP contribution in [0.25, 0.3) is 10.9 Å². The summed E-state index contributed by atoms with van der Waals surface area (Å²) in [6.45, 7) is 2.21. The number of halogens is 1. The van der Waals surface area contributed by atoms with Gasteiger partial charge in [0.05, 0.1) is 12.6 Å². The van der Waals surface area contributed by atoms with E-state index >= 15 is 0 Å². The van der Waals surface area contributed by atoms with E-state index in [1.54, 1.807) is 18.9 Å². The van der Waals surface area contributed by atoms with Crippen LogP contribution < -0.4 is 14.9 Å². The average molecular weight is 440 g/mol. The lowest BCUT2D eigenvalue weighted by atomic mass is 10.1. The highest BCUT2D eigenvalue weighted by atomic mass is 35.5. The van der Waals surface area contributed by atoms with Crippen LogP contribution in [-0.4, -0.2) is 27.0 Å². The highest BCUT2D eigenvalue weighted by molar-refractivity contribution is 7.99. The highest BCUT2D eigenvalue weighted by Gasteiger charge is 2.27. The van der Waals surface area contributed by atoms with Crippen molar-refractivity contribution in [3.05, 3.63) is 70.6 Å². The molecule has 0 saturated heterocycles. The van der Waals surface area contributed by atoms with E-state index in [2.05, 4.69) is 20.6 Å². The molecule has 0 bridgehead atoms. The predicted octanol–water partition coefficient (Wildman–Crippen LogP) is 4.72. The van der Waals surface area contributed by atoms with E-state index in [1.165, 1.54) is 0 Å². The summed E-state index contributed by atoms with van der Waals surface area (Å²) in [7, 11) is 1.64. The second kappa shape index (κ2) is 7.70. The summed E-state index contributed by atoms with van der Waals surface area (Å²) in [5, 5.41) is 11.0. The lowest BCUT2D eigenvalue weighted by Crippen LogP contribution is -2.17. The van der Waals surface area contributed by atoms with Gasteiger partial charge in [0.15, 0.2) is 5.82 Å². The van der Waals surface area contributed by atoms with Crippen LogP contribution in [-0.2, 0) is 6.61 Å². The maximum Gasteiger partial charge on any atom is 0.212 e. The van der Waals surface area contributed by atoms with E-state index in [0.29, 0.717) is 10.8 Å². The Morgan fingerprint density at radius 3 is 2.77 bits per heavy atom. The number of nitrogens with one attached hydrogen (secondary N) is 1. The van der Waals surface area contributed by atoms with Gasteiger partial charge in [-0.2, -0.15) is 0 Å². The SMILES string of the molecule is COc1ccc2nc(C)cc(OCc3nnc4n3NC(c3ccc(Cl)cc3)S4)c2c1. The van der Waals surface area contributed by atoms with Crippen molar-refractivity contribution in [2.24, 2.45) is 0 Å². The number of aromatic nitrogens is 4. The van der Waals surface area contributed by atoms with Crippen molar-refractivity contribution in [1.82, 2.24) is 19.9 Å². The number of pyridine rings is 1. The third kappa shape index (κ3) is 3.53. The van der Waals surface area contributed by atoms with Gasteiger partial charge >= 0.3 is 0 Å². The fourth-order valence-electron chi connectivity index (χ4n) is 3.32. The Labute approximate surface area is 182 Å². The number of benzene rings is 2. The first-order valence-corrected chi connectivity index (χ1v) is 10.6. The minimum absolute atomic E-state index is 0.0415. The van der Waals surface area contributed by atoms with Crippen molar-refractivity contribution in [3.8, 4) is 11.5 Å². The Morgan fingerprint density at radius 2 is 1.97 bits per heavy atom. The van der Waals surface area contributed by atoms with Crippen molar-refractivity contribution in [3.63, 3.8) is 0 Å². The van der Waals surface area contributed by atoms with E-state index < -0.39 is 0 Å². The van der Waals surface area contributed by atoms with Gasteiger partial charge in [0, 0.05) is 22.2 Å². The Balaban J connectivity index is 1.38. The molecular weight excluding hydrogens is 422 g/mol. The maximum atomic E-state index is 6.14. The van der Waals surface area contributed by atoms with E-state index in [0.717, 1.165) is 38.8 Å². The number of fused-ring (bicyclic) bond motifs is 2. The second-order valence-corrected chi connectivity index (χ2v) is 8.35. The molecule has 2 aromatic carbocycles. The quantitative estimate of drug-likeness (QED) is 0.482. The molecule has 3 heterocycles. The summed E-state index contributed by atoms with van der Waals surface area (Å²) in [4.78, 5) is 4.57. The Bertz CT molecular complexity index is 1230. The number of hydrogen-bond acceptors (Lipinski definition) is 7. The van der Waals surface area contributed by atoms with Crippen LogP contribution in [0.5, 0.6) is 11.5 Å².